The Morgan fingerprint density at radius 1 is 1.33 bits per heavy atom. The number of benzene rings is 1. The number of hydrogen-bond donors (Lipinski definition) is 3. The van der Waals surface area contributed by atoms with Crippen LogP contribution in [0.5, 0.6) is 0 Å². The second kappa shape index (κ2) is 8.91. The summed E-state index contributed by atoms with van der Waals surface area (Å²) in [4.78, 5) is 22.0. The number of urea groups is 1. The Bertz CT molecular complexity index is 482. The van der Waals surface area contributed by atoms with Crippen LogP contribution in [0.4, 0.5) is 9.18 Å². The summed E-state index contributed by atoms with van der Waals surface area (Å²) in [7, 11) is 1.38. The van der Waals surface area contributed by atoms with Crippen LogP contribution in [0.1, 0.15) is 12.0 Å². The minimum atomic E-state index is -0.997. The van der Waals surface area contributed by atoms with Crippen LogP contribution in [0.3, 0.4) is 0 Å². The van der Waals surface area contributed by atoms with E-state index >= 15 is 0 Å². The molecule has 0 aliphatic heterocycles. The molecule has 0 aromatic heterocycles. The first-order valence-corrected chi connectivity index (χ1v) is 6.52. The highest BCUT2D eigenvalue weighted by Crippen LogP contribution is 2.06. The molecule has 1 atom stereocenters. The van der Waals surface area contributed by atoms with Crippen LogP contribution in [0, 0.1) is 5.82 Å². The summed E-state index contributed by atoms with van der Waals surface area (Å²) in [6.07, 6.45) is -0.394. The first kappa shape index (κ1) is 16.9. The Balaban J connectivity index is 2.25. The average Bonchev–Trinajstić information content (AvgIpc) is 2.45. The monoisotopic (exact) mass is 298 g/mol. The predicted molar refractivity (Wildman–Crippen MR) is 74.6 cm³/mol. The van der Waals surface area contributed by atoms with E-state index in [4.69, 9.17) is 9.84 Å². The minimum absolute atomic E-state index is 0.0916. The Morgan fingerprint density at radius 3 is 2.67 bits per heavy atom. The van der Waals surface area contributed by atoms with Crippen molar-refractivity contribution < 1.29 is 23.8 Å². The van der Waals surface area contributed by atoms with Gasteiger partial charge in [0.15, 0.2) is 0 Å². The van der Waals surface area contributed by atoms with Gasteiger partial charge in [-0.15, -0.1) is 0 Å². The van der Waals surface area contributed by atoms with Gasteiger partial charge in [0, 0.05) is 20.2 Å². The fraction of sp³-hybridized carbons (Fsp3) is 0.429. The van der Waals surface area contributed by atoms with Crippen LogP contribution in [0.25, 0.3) is 0 Å². The highest BCUT2D eigenvalue weighted by atomic mass is 19.1. The van der Waals surface area contributed by atoms with Crippen molar-refractivity contribution in [3.63, 3.8) is 0 Å². The van der Waals surface area contributed by atoms with Crippen LogP contribution >= 0.6 is 0 Å². The molecular formula is C14H19FN2O4. The maximum absolute atomic E-state index is 13.3. The number of methoxy groups -OCH3 is 1. The molecule has 0 aliphatic carbocycles. The van der Waals surface area contributed by atoms with E-state index in [1.807, 2.05) is 0 Å². The maximum atomic E-state index is 13.3. The van der Waals surface area contributed by atoms with Gasteiger partial charge in [0.05, 0.1) is 12.5 Å². The van der Waals surface area contributed by atoms with Crippen LogP contribution < -0.4 is 10.6 Å². The summed E-state index contributed by atoms with van der Waals surface area (Å²) in [5.41, 5.74) is 0.526. The van der Waals surface area contributed by atoms with E-state index in [2.05, 4.69) is 10.6 Å². The van der Waals surface area contributed by atoms with Gasteiger partial charge in [-0.3, -0.25) is 4.79 Å². The molecule has 116 valence electrons. The van der Waals surface area contributed by atoms with Gasteiger partial charge in [-0.2, -0.15) is 0 Å². The number of carboxylic acids is 1. The first-order valence-electron chi connectivity index (χ1n) is 6.52. The van der Waals surface area contributed by atoms with Crippen molar-refractivity contribution in [3.8, 4) is 0 Å². The van der Waals surface area contributed by atoms with E-state index in [1.54, 1.807) is 18.2 Å². The summed E-state index contributed by atoms with van der Waals surface area (Å²) in [5.74, 6) is -1.30. The molecular weight excluding hydrogens is 279 g/mol. The Morgan fingerprint density at radius 2 is 2.05 bits per heavy atom. The van der Waals surface area contributed by atoms with Crippen molar-refractivity contribution in [2.24, 2.45) is 0 Å². The maximum Gasteiger partial charge on any atom is 0.314 e. The van der Waals surface area contributed by atoms with E-state index in [0.29, 0.717) is 12.0 Å². The fourth-order valence-electron chi connectivity index (χ4n) is 1.71. The van der Waals surface area contributed by atoms with Crippen molar-refractivity contribution in [2.75, 3.05) is 20.2 Å². The van der Waals surface area contributed by atoms with Gasteiger partial charge >= 0.3 is 12.0 Å². The number of hydrogen-bond acceptors (Lipinski definition) is 3. The second-order valence-corrected chi connectivity index (χ2v) is 4.43. The summed E-state index contributed by atoms with van der Waals surface area (Å²) >= 11 is 0. The Hall–Kier alpha value is -2.15. The Kier molecular flexibility index (Phi) is 7.17. The normalized spacial score (nSPS) is 11.7. The molecule has 0 fully saturated rings. The predicted octanol–water partition coefficient (Wildman–Crippen LogP) is 1.16. The molecule has 2 amide bonds. The number of carbonyl (C=O) groups is 2. The molecule has 1 rings (SSSR count). The molecule has 7 heteroatoms. The van der Waals surface area contributed by atoms with E-state index < -0.39 is 18.1 Å². The molecule has 0 bridgehead atoms. The number of carboxylic acid groups (broad SMARTS) is 1. The number of nitrogens with one attached hydrogen (secondary N) is 2. The van der Waals surface area contributed by atoms with Gasteiger partial charge in [-0.05, 0) is 18.1 Å². The van der Waals surface area contributed by atoms with Crippen molar-refractivity contribution in [3.05, 3.63) is 35.6 Å². The van der Waals surface area contributed by atoms with Gasteiger partial charge < -0.3 is 20.5 Å². The molecule has 0 saturated carbocycles. The summed E-state index contributed by atoms with van der Waals surface area (Å²) < 4.78 is 18.3. The highest BCUT2D eigenvalue weighted by Gasteiger charge is 2.13. The van der Waals surface area contributed by atoms with E-state index in [-0.39, 0.29) is 25.3 Å². The minimum Gasteiger partial charge on any atom is -0.481 e. The molecule has 1 aromatic rings. The lowest BCUT2D eigenvalue weighted by atomic mass is 10.1. The number of carbonyl (C=O) groups excluding carboxylic acids is 1. The van der Waals surface area contributed by atoms with E-state index in [1.165, 1.54) is 13.2 Å². The lowest BCUT2D eigenvalue weighted by Gasteiger charge is -2.14. The molecule has 1 unspecified atom stereocenters. The number of halogens is 1. The Labute approximate surface area is 122 Å². The van der Waals surface area contributed by atoms with E-state index in [9.17, 15) is 14.0 Å². The van der Waals surface area contributed by atoms with Crippen LogP contribution in [0.2, 0.25) is 0 Å². The lowest BCUT2D eigenvalue weighted by Crippen LogP contribution is -2.41. The number of amides is 2. The number of aliphatic carboxylic acids is 1. The van der Waals surface area contributed by atoms with Crippen molar-refractivity contribution in [2.45, 2.75) is 18.9 Å². The topological polar surface area (TPSA) is 87.7 Å². The second-order valence-electron chi connectivity index (χ2n) is 4.43. The zero-order valence-corrected chi connectivity index (χ0v) is 11.8. The molecule has 0 aliphatic rings. The third-order valence-corrected chi connectivity index (χ3v) is 2.86. The molecule has 0 heterocycles. The fourth-order valence-corrected chi connectivity index (χ4v) is 1.71. The summed E-state index contributed by atoms with van der Waals surface area (Å²) in [5, 5.41) is 13.7. The van der Waals surface area contributed by atoms with E-state index in [0.717, 1.165) is 0 Å². The molecule has 6 nitrogen and oxygen atoms in total. The van der Waals surface area contributed by atoms with Gasteiger partial charge in [0.25, 0.3) is 0 Å². The molecule has 1 aromatic carbocycles. The molecule has 21 heavy (non-hydrogen) atoms. The zero-order valence-electron chi connectivity index (χ0n) is 11.8. The number of ether oxygens (including phenoxy) is 1. The number of rotatable bonds is 8. The van der Waals surface area contributed by atoms with Gasteiger partial charge in [0.2, 0.25) is 0 Å². The molecule has 0 spiro atoms. The third-order valence-electron chi connectivity index (χ3n) is 2.86. The van der Waals surface area contributed by atoms with Gasteiger partial charge in [-0.1, -0.05) is 18.2 Å². The largest absolute Gasteiger partial charge is 0.481 e. The van der Waals surface area contributed by atoms with Crippen LogP contribution in [-0.4, -0.2) is 43.4 Å². The van der Waals surface area contributed by atoms with Gasteiger partial charge in [0.1, 0.15) is 5.82 Å². The summed E-state index contributed by atoms with van der Waals surface area (Å²) in [6, 6.07) is 5.91. The van der Waals surface area contributed by atoms with Crippen molar-refractivity contribution in [1.82, 2.24) is 10.6 Å². The lowest BCUT2D eigenvalue weighted by molar-refractivity contribution is -0.139. The van der Waals surface area contributed by atoms with Gasteiger partial charge in [-0.25, -0.2) is 9.18 Å². The highest BCUT2D eigenvalue weighted by molar-refractivity contribution is 5.74. The third kappa shape index (κ3) is 6.71. The van der Waals surface area contributed by atoms with Crippen LogP contribution in [-0.2, 0) is 16.0 Å². The zero-order chi connectivity index (χ0) is 15.7. The quantitative estimate of drug-likeness (QED) is 0.672. The molecule has 3 N–H and O–H groups in total. The smallest absolute Gasteiger partial charge is 0.314 e. The molecule has 0 saturated heterocycles. The van der Waals surface area contributed by atoms with Crippen molar-refractivity contribution >= 4 is 12.0 Å². The van der Waals surface area contributed by atoms with Crippen molar-refractivity contribution in [1.29, 1.82) is 0 Å². The summed E-state index contributed by atoms with van der Waals surface area (Å²) in [6.45, 7) is 0.373. The first-order chi connectivity index (χ1) is 10.0. The van der Waals surface area contributed by atoms with Crippen LogP contribution in [0.15, 0.2) is 24.3 Å². The average molecular weight is 298 g/mol. The molecule has 0 radical (unpaired) electrons. The standard InChI is InChI=1S/C14H19FN2O4/c1-21-11(8-13(18)19)9-17-14(20)16-7-6-10-4-2-3-5-12(10)15/h2-5,11H,6-9H2,1H3,(H,18,19)(H2,16,17,20). The SMILES string of the molecule is COC(CNC(=O)NCCc1ccccc1F)CC(=O)O.